The van der Waals surface area contributed by atoms with E-state index in [9.17, 15) is 4.79 Å². The van der Waals surface area contributed by atoms with E-state index in [1.807, 2.05) is 53.4 Å². The normalized spacial score (nSPS) is 13.2. The molecule has 0 bridgehead atoms. The van der Waals surface area contributed by atoms with Crippen molar-refractivity contribution < 1.29 is 4.79 Å². The van der Waals surface area contributed by atoms with Crippen LogP contribution in [0.2, 0.25) is 0 Å². The zero-order chi connectivity index (χ0) is 18.0. The zero-order valence-electron chi connectivity index (χ0n) is 15.0. The molecule has 0 spiro atoms. The molecule has 0 N–H and O–H groups in total. The highest BCUT2D eigenvalue weighted by Crippen LogP contribution is 2.45. The Kier molecular flexibility index (Phi) is 2.99. The van der Waals surface area contributed by atoms with Crippen molar-refractivity contribution in [2.45, 2.75) is 20.8 Å². The van der Waals surface area contributed by atoms with Gasteiger partial charge in [-0.2, -0.15) is 0 Å². The van der Waals surface area contributed by atoms with E-state index in [-0.39, 0.29) is 5.91 Å². The number of carbonyl (C=O) groups excluding carboxylic acids is 1. The molecule has 4 aromatic rings. The maximum Gasteiger partial charge on any atom is 0.264 e. The quantitative estimate of drug-likeness (QED) is 0.423. The van der Waals surface area contributed by atoms with Gasteiger partial charge in [0.05, 0.1) is 22.3 Å². The minimum atomic E-state index is 0.0254. The number of hydrogen-bond donors (Lipinski definition) is 0. The standard InChI is InChI=1S/C23H18N2O/c1-13-8-10-16(11-9-13)25-19-12-14(2)15(3)22-21(19)20(23(25)26)17-6-4-5-7-18(17)24-22/h4-12H,1-3H3. The van der Waals surface area contributed by atoms with E-state index in [0.717, 1.165) is 49.9 Å². The van der Waals surface area contributed by atoms with Crippen LogP contribution in [0.15, 0.2) is 54.6 Å². The fraction of sp³-hybridized carbons (Fsp3) is 0.130. The Hall–Kier alpha value is -3.20. The Bertz CT molecular complexity index is 1220. The summed E-state index contributed by atoms with van der Waals surface area (Å²) in [7, 11) is 0. The van der Waals surface area contributed by atoms with Gasteiger partial charge in [0.1, 0.15) is 0 Å². The second-order valence-corrected chi connectivity index (χ2v) is 7.04. The molecule has 3 aromatic carbocycles. The number of carbonyl (C=O) groups is 1. The molecule has 1 aromatic heterocycles. The largest absolute Gasteiger partial charge is 0.276 e. The number of para-hydroxylation sites is 1. The Morgan fingerprint density at radius 3 is 2.42 bits per heavy atom. The van der Waals surface area contributed by atoms with Gasteiger partial charge >= 0.3 is 0 Å². The number of benzene rings is 3. The summed E-state index contributed by atoms with van der Waals surface area (Å²) in [6.45, 7) is 6.22. The van der Waals surface area contributed by atoms with Crippen molar-refractivity contribution in [2.24, 2.45) is 0 Å². The molecular formula is C23H18N2O. The number of nitrogens with zero attached hydrogens (tertiary/aromatic N) is 2. The first kappa shape index (κ1) is 15.1. The zero-order valence-corrected chi connectivity index (χ0v) is 15.0. The summed E-state index contributed by atoms with van der Waals surface area (Å²) < 4.78 is 0. The number of hydrogen-bond acceptors (Lipinski definition) is 2. The van der Waals surface area contributed by atoms with E-state index in [1.54, 1.807) is 0 Å². The average Bonchev–Trinajstić information content (AvgIpc) is 2.93. The predicted octanol–water partition coefficient (Wildman–Crippen LogP) is 5.61. The Labute approximate surface area is 151 Å². The number of aryl methyl sites for hydroxylation is 3. The van der Waals surface area contributed by atoms with Crippen molar-refractivity contribution in [3.05, 3.63) is 76.9 Å². The monoisotopic (exact) mass is 338 g/mol. The average molecular weight is 338 g/mol. The number of amides is 1. The predicted molar refractivity (Wildman–Crippen MR) is 106 cm³/mol. The van der Waals surface area contributed by atoms with Crippen molar-refractivity contribution in [1.29, 1.82) is 0 Å². The first-order valence-corrected chi connectivity index (χ1v) is 8.80. The highest BCUT2D eigenvalue weighted by atomic mass is 16.2. The van der Waals surface area contributed by atoms with E-state index in [0.29, 0.717) is 0 Å². The molecule has 3 nitrogen and oxygen atoms in total. The maximum atomic E-state index is 13.5. The molecule has 1 aliphatic rings. The molecule has 0 aliphatic carbocycles. The molecule has 2 heterocycles. The Morgan fingerprint density at radius 1 is 0.923 bits per heavy atom. The Balaban J connectivity index is 1.93. The highest BCUT2D eigenvalue weighted by Gasteiger charge is 2.34. The van der Waals surface area contributed by atoms with Crippen LogP contribution in [0.1, 0.15) is 27.0 Å². The molecule has 1 aliphatic heterocycles. The molecule has 0 radical (unpaired) electrons. The van der Waals surface area contributed by atoms with Crippen LogP contribution in [-0.2, 0) is 0 Å². The van der Waals surface area contributed by atoms with Crippen molar-refractivity contribution in [1.82, 2.24) is 4.98 Å². The van der Waals surface area contributed by atoms with E-state index in [2.05, 4.69) is 26.8 Å². The third kappa shape index (κ3) is 1.88. The number of anilines is 2. The fourth-order valence-corrected chi connectivity index (χ4v) is 3.87. The first-order valence-electron chi connectivity index (χ1n) is 8.80. The SMILES string of the molecule is Cc1ccc(N2C(=O)c3c4ccccc4nc4c(C)c(C)cc2c34)cc1. The summed E-state index contributed by atoms with van der Waals surface area (Å²) in [5.74, 6) is 0.0254. The summed E-state index contributed by atoms with van der Waals surface area (Å²) in [6, 6.07) is 18.1. The summed E-state index contributed by atoms with van der Waals surface area (Å²) in [5.41, 5.74) is 7.85. The van der Waals surface area contributed by atoms with E-state index in [4.69, 9.17) is 4.98 Å². The van der Waals surface area contributed by atoms with Crippen LogP contribution in [0, 0.1) is 20.8 Å². The minimum absolute atomic E-state index is 0.0254. The lowest BCUT2D eigenvalue weighted by atomic mass is 9.99. The van der Waals surface area contributed by atoms with E-state index < -0.39 is 0 Å². The molecule has 26 heavy (non-hydrogen) atoms. The van der Waals surface area contributed by atoms with Gasteiger partial charge in [-0.3, -0.25) is 9.69 Å². The first-order chi connectivity index (χ1) is 12.6. The third-order valence-corrected chi connectivity index (χ3v) is 5.40. The van der Waals surface area contributed by atoms with E-state index in [1.165, 1.54) is 5.56 Å². The third-order valence-electron chi connectivity index (χ3n) is 5.40. The second kappa shape index (κ2) is 5.15. The number of fused-ring (bicyclic) bond motifs is 2. The highest BCUT2D eigenvalue weighted by molar-refractivity contribution is 6.32. The van der Waals surface area contributed by atoms with Crippen LogP contribution in [0.3, 0.4) is 0 Å². The van der Waals surface area contributed by atoms with Crippen molar-refractivity contribution in [2.75, 3.05) is 4.90 Å². The molecule has 0 saturated heterocycles. The van der Waals surface area contributed by atoms with Crippen LogP contribution in [0.5, 0.6) is 0 Å². The summed E-state index contributed by atoms with van der Waals surface area (Å²) in [5, 5.41) is 1.89. The molecule has 0 atom stereocenters. The molecule has 126 valence electrons. The van der Waals surface area contributed by atoms with E-state index >= 15 is 0 Å². The summed E-state index contributed by atoms with van der Waals surface area (Å²) >= 11 is 0. The lowest BCUT2D eigenvalue weighted by Crippen LogP contribution is -2.21. The van der Waals surface area contributed by atoms with Crippen molar-refractivity contribution in [3.63, 3.8) is 0 Å². The summed E-state index contributed by atoms with van der Waals surface area (Å²) in [4.78, 5) is 20.2. The Morgan fingerprint density at radius 2 is 1.65 bits per heavy atom. The van der Waals surface area contributed by atoms with Crippen LogP contribution in [0.4, 0.5) is 11.4 Å². The molecule has 3 heteroatoms. The smallest absolute Gasteiger partial charge is 0.264 e. The topological polar surface area (TPSA) is 33.2 Å². The van der Waals surface area contributed by atoms with Gasteiger partial charge in [-0.25, -0.2) is 4.98 Å². The molecule has 0 saturated carbocycles. The van der Waals surface area contributed by atoms with Crippen LogP contribution in [0.25, 0.3) is 21.8 Å². The van der Waals surface area contributed by atoms with Gasteiger partial charge in [-0.1, -0.05) is 35.9 Å². The molecule has 0 fully saturated rings. The van der Waals surface area contributed by atoms with Gasteiger partial charge in [0.25, 0.3) is 5.91 Å². The molecule has 1 amide bonds. The lowest BCUT2D eigenvalue weighted by Gasteiger charge is -2.19. The van der Waals surface area contributed by atoms with Gasteiger partial charge in [0, 0.05) is 16.5 Å². The maximum absolute atomic E-state index is 13.5. The number of aromatic nitrogens is 1. The van der Waals surface area contributed by atoms with Gasteiger partial charge in [0.2, 0.25) is 0 Å². The van der Waals surface area contributed by atoms with Crippen molar-refractivity contribution >= 4 is 39.1 Å². The van der Waals surface area contributed by atoms with Crippen LogP contribution in [-0.4, -0.2) is 10.9 Å². The van der Waals surface area contributed by atoms with Gasteiger partial charge in [-0.05, 0) is 56.2 Å². The van der Waals surface area contributed by atoms with Gasteiger partial charge < -0.3 is 0 Å². The fourth-order valence-electron chi connectivity index (χ4n) is 3.87. The van der Waals surface area contributed by atoms with Gasteiger partial charge in [-0.15, -0.1) is 0 Å². The molecular weight excluding hydrogens is 320 g/mol. The number of pyridine rings is 1. The van der Waals surface area contributed by atoms with Crippen molar-refractivity contribution in [3.8, 4) is 0 Å². The number of rotatable bonds is 1. The van der Waals surface area contributed by atoms with Gasteiger partial charge in [0.15, 0.2) is 0 Å². The minimum Gasteiger partial charge on any atom is -0.276 e. The molecule has 0 unspecified atom stereocenters. The van der Waals surface area contributed by atoms with Crippen LogP contribution >= 0.6 is 0 Å². The lowest BCUT2D eigenvalue weighted by molar-refractivity contribution is 0.101. The van der Waals surface area contributed by atoms with Crippen LogP contribution < -0.4 is 4.90 Å². The summed E-state index contributed by atoms with van der Waals surface area (Å²) in [6.07, 6.45) is 0. The second-order valence-electron chi connectivity index (χ2n) is 7.04. The molecule has 5 rings (SSSR count).